The van der Waals surface area contributed by atoms with Crippen LogP contribution in [0.25, 0.3) is 6.08 Å². The summed E-state index contributed by atoms with van der Waals surface area (Å²) < 4.78 is 0. The summed E-state index contributed by atoms with van der Waals surface area (Å²) in [5.74, 6) is -1.02. The molecule has 3 amide bonds. The third-order valence-corrected chi connectivity index (χ3v) is 4.52. The predicted molar refractivity (Wildman–Crippen MR) is 102 cm³/mol. The fourth-order valence-electron chi connectivity index (χ4n) is 2.94. The molecule has 1 aliphatic rings. The van der Waals surface area contributed by atoms with Crippen LogP contribution in [0, 0.1) is 0 Å². The maximum atomic E-state index is 12.4. The zero-order chi connectivity index (χ0) is 19.4. The summed E-state index contributed by atoms with van der Waals surface area (Å²) in [4.78, 5) is 37.9. The van der Waals surface area contributed by atoms with Crippen molar-refractivity contribution >= 4 is 35.4 Å². The van der Waals surface area contributed by atoms with Crippen molar-refractivity contribution in [2.75, 3.05) is 0 Å². The normalized spacial score (nSPS) is 15.0. The predicted octanol–water partition coefficient (Wildman–Crippen LogP) is 3.07. The Kier molecular flexibility index (Phi) is 5.57. The van der Waals surface area contributed by atoms with Crippen LogP contribution in [0.2, 0.25) is 5.02 Å². The number of amides is 3. The minimum absolute atomic E-state index is 0.0157. The number of halogens is 1. The van der Waals surface area contributed by atoms with Crippen molar-refractivity contribution in [3.63, 3.8) is 0 Å². The first-order valence-electron chi connectivity index (χ1n) is 8.36. The van der Waals surface area contributed by atoms with E-state index in [2.05, 4.69) is 10.9 Å². The summed E-state index contributed by atoms with van der Waals surface area (Å²) in [5.41, 5.74) is 6.98. The maximum absolute atomic E-state index is 12.4. The number of hydrogen-bond donors (Lipinski definition) is 2. The van der Waals surface area contributed by atoms with Gasteiger partial charge in [0.2, 0.25) is 11.8 Å². The van der Waals surface area contributed by atoms with Crippen molar-refractivity contribution in [2.45, 2.75) is 19.4 Å². The van der Waals surface area contributed by atoms with Crippen LogP contribution in [0.4, 0.5) is 0 Å². The van der Waals surface area contributed by atoms with E-state index in [4.69, 9.17) is 11.6 Å². The number of nitrogens with one attached hydrogen (secondary N) is 2. The highest BCUT2D eigenvalue weighted by Gasteiger charge is 2.28. The summed E-state index contributed by atoms with van der Waals surface area (Å²) in [6.07, 6.45) is 3.53. The van der Waals surface area contributed by atoms with Gasteiger partial charge < -0.3 is 4.90 Å². The summed E-state index contributed by atoms with van der Waals surface area (Å²) in [7, 11) is 0. The van der Waals surface area contributed by atoms with Crippen molar-refractivity contribution < 1.29 is 14.4 Å². The lowest BCUT2D eigenvalue weighted by atomic mass is 9.93. The number of carbonyl (C=O) groups excluding carboxylic acids is 3. The molecule has 2 aromatic carbocycles. The molecule has 0 fully saturated rings. The molecule has 0 bridgehead atoms. The Bertz CT molecular complexity index is 909. The number of nitrogens with zero attached hydrogens (tertiary/aromatic N) is 1. The third-order valence-electron chi connectivity index (χ3n) is 4.27. The smallest absolute Gasteiger partial charge is 0.269 e. The van der Waals surface area contributed by atoms with Gasteiger partial charge in [-0.2, -0.15) is 0 Å². The van der Waals surface area contributed by atoms with Gasteiger partial charge in [0.1, 0.15) is 0 Å². The Balaban J connectivity index is 1.67. The molecule has 27 heavy (non-hydrogen) atoms. The van der Waals surface area contributed by atoms with Gasteiger partial charge in [-0.05, 0) is 41.5 Å². The SMILES string of the molecule is CC(=O)N1C=Cc2ccccc2C1CC(=O)NNC(=O)c1ccc(Cl)cc1. The number of rotatable bonds is 3. The van der Waals surface area contributed by atoms with Gasteiger partial charge >= 0.3 is 0 Å². The van der Waals surface area contributed by atoms with Gasteiger partial charge in [-0.15, -0.1) is 0 Å². The van der Waals surface area contributed by atoms with E-state index >= 15 is 0 Å². The zero-order valence-electron chi connectivity index (χ0n) is 14.6. The summed E-state index contributed by atoms with van der Waals surface area (Å²) in [6.45, 7) is 1.45. The van der Waals surface area contributed by atoms with E-state index in [9.17, 15) is 14.4 Å². The van der Waals surface area contributed by atoms with Crippen LogP contribution in [0.5, 0.6) is 0 Å². The minimum atomic E-state index is -0.451. The van der Waals surface area contributed by atoms with Crippen molar-refractivity contribution in [2.24, 2.45) is 0 Å². The van der Waals surface area contributed by atoms with E-state index in [1.165, 1.54) is 11.8 Å². The van der Waals surface area contributed by atoms with E-state index in [0.717, 1.165) is 11.1 Å². The van der Waals surface area contributed by atoms with Crippen molar-refractivity contribution in [3.8, 4) is 0 Å². The highest BCUT2D eigenvalue weighted by molar-refractivity contribution is 6.30. The first-order valence-corrected chi connectivity index (χ1v) is 8.74. The molecule has 1 unspecified atom stereocenters. The third kappa shape index (κ3) is 4.35. The van der Waals surface area contributed by atoms with E-state index in [1.807, 2.05) is 30.3 Å². The second-order valence-corrected chi connectivity index (χ2v) is 6.54. The van der Waals surface area contributed by atoms with Crippen molar-refractivity contribution in [3.05, 3.63) is 76.4 Å². The molecule has 6 nitrogen and oxygen atoms in total. The van der Waals surface area contributed by atoms with Crippen LogP contribution in [-0.4, -0.2) is 22.6 Å². The Labute approximate surface area is 161 Å². The number of hydrogen-bond acceptors (Lipinski definition) is 3. The first kappa shape index (κ1) is 18.7. The highest BCUT2D eigenvalue weighted by Crippen LogP contribution is 2.32. The average Bonchev–Trinajstić information content (AvgIpc) is 2.66. The number of benzene rings is 2. The summed E-state index contributed by atoms with van der Waals surface area (Å²) in [5, 5.41) is 0.518. The molecule has 2 N–H and O–H groups in total. The van der Waals surface area contributed by atoms with E-state index in [1.54, 1.807) is 30.5 Å². The summed E-state index contributed by atoms with van der Waals surface area (Å²) >= 11 is 5.79. The molecule has 0 saturated heterocycles. The lowest BCUT2D eigenvalue weighted by molar-refractivity contribution is -0.130. The second-order valence-electron chi connectivity index (χ2n) is 6.10. The second kappa shape index (κ2) is 8.05. The molecule has 7 heteroatoms. The number of hydrazine groups is 1. The largest absolute Gasteiger partial charge is 0.311 e. The molecule has 2 aromatic rings. The molecular weight excluding hydrogens is 366 g/mol. The fraction of sp³-hybridized carbons (Fsp3) is 0.150. The molecule has 1 aliphatic heterocycles. The Hall–Kier alpha value is -3.12. The molecule has 1 heterocycles. The average molecular weight is 384 g/mol. The van der Waals surface area contributed by atoms with E-state index < -0.39 is 17.9 Å². The number of carbonyl (C=O) groups is 3. The standard InChI is InChI=1S/C20H18ClN3O3/c1-13(25)24-11-10-14-4-2-3-5-17(14)18(24)12-19(26)22-23-20(27)15-6-8-16(21)9-7-15/h2-11,18H,12H2,1H3,(H,22,26)(H,23,27). The van der Waals surface area contributed by atoms with Gasteiger partial charge in [0, 0.05) is 23.7 Å². The van der Waals surface area contributed by atoms with Crippen LogP contribution in [0.1, 0.15) is 40.9 Å². The molecule has 0 aliphatic carbocycles. The minimum Gasteiger partial charge on any atom is -0.311 e. The van der Waals surface area contributed by atoms with Crippen LogP contribution in [-0.2, 0) is 9.59 Å². The molecule has 0 spiro atoms. The number of fused-ring (bicyclic) bond motifs is 1. The highest BCUT2D eigenvalue weighted by atomic mass is 35.5. The molecule has 1 atom stereocenters. The van der Waals surface area contributed by atoms with Gasteiger partial charge in [0.05, 0.1) is 12.5 Å². The van der Waals surface area contributed by atoms with Gasteiger partial charge in [-0.25, -0.2) is 0 Å². The van der Waals surface area contributed by atoms with Crippen LogP contribution in [0.15, 0.2) is 54.7 Å². The molecular formula is C20H18ClN3O3. The molecule has 0 saturated carbocycles. The van der Waals surface area contributed by atoms with Gasteiger partial charge in [-0.1, -0.05) is 35.9 Å². The van der Waals surface area contributed by atoms with E-state index in [-0.39, 0.29) is 12.3 Å². The molecule has 138 valence electrons. The Morgan fingerprint density at radius 1 is 1.04 bits per heavy atom. The van der Waals surface area contributed by atoms with Gasteiger partial charge in [0.25, 0.3) is 5.91 Å². The summed E-state index contributed by atoms with van der Waals surface area (Å²) in [6, 6.07) is 13.4. The monoisotopic (exact) mass is 383 g/mol. The van der Waals surface area contributed by atoms with Gasteiger partial charge in [-0.3, -0.25) is 25.2 Å². The Morgan fingerprint density at radius 2 is 1.74 bits per heavy atom. The first-order chi connectivity index (χ1) is 13.0. The molecule has 0 radical (unpaired) electrons. The fourth-order valence-corrected chi connectivity index (χ4v) is 3.07. The van der Waals surface area contributed by atoms with E-state index in [0.29, 0.717) is 10.6 Å². The van der Waals surface area contributed by atoms with Crippen LogP contribution in [0.3, 0.4) is 0 Å². The zero-order valence-corrected chi connectivity index (χ0v) is 15.4. The van der Waals surface area contributed by atoms with Crippen molar-refractivity contribution in [1.29, 1.82) is 0 Å². The lowest BCUT2D eigenvalue weighted by Gasteiger charge is -2.32. The van der Waals surface area contributed by atoms with Gasteiger partial charge in [0.15, 0.2) is 0 Å². The quantitative estimate of drug-likeness (QED) is 0.799. The van der Waals surface area contributed by atoms with Crippen LogP contribution >= 0.6 is 11.6 Å². The van der Waals surface area contributed by atoms with Crippen LogP contribution < -0.4 is 10.9 Å². The molecule has 0 aromatic heterocycles. The Morgan fingerprint density at radius 3 is 2.44 bits per heavy atom. The maximum Gasteiger partial charge on any atom is 0.269 e. The van der Waals surface area contributed by atoms with Crippen molar-refractivity contribution in [1.82, 2.24) is 15.8 Å². The topological polar surface area (TPSA) is 78.5 Å². The lowest BCUT2D eigenvalue weighted by Crippen LogP contribution is -2.43. The molecule has 3 rings (SSSR count).